The fraction of sp³-hybridized carbons (Fsp3) is 0.500. The number of nitrogens with zero attached hydrogens (tertiary/aromatic N) is 14. The predicted molar refractivity (Wildman–Crippen MR) is 394 cm³/mol. The summed E-state index contributed by atoms with van der Waals surface area (Å²) in [5.41, 5.74) is 4.52. The third-order valence-electron chi connectivity index (χ3n) is 19.6. The van der Waals surface area contributed by atoms with Gasteiger partial charge in [0.05, 0.1) is 30.8 Å². The molecular weight excluding hydrogens is 1400 g/mol. The van der Waals surface area contributed by atoms with Crippen LogP contribution in [0.2, 0.25) is 0 Å². The van der Waals surface area contributed by atoms with Crippen molar-refractivity contribution in [3.63, 3.8) is 0 Å². The van der Waals surface area contributed by atoms with E-state index in [-0.39, 0.29) is 166 Å². The number of benzene rings is 4. The minimum Gasteiger partial charge on any atom is -0.508 e. The van der Waals surface area contributed by atoms with Crippen molar-refractivity contribution in [2.75, 3.05) is 137 Å². The maximum absolute atomic E-state index is 14.5. The highest BCUT2D eigenvalue weighted by atomic mass is 16.4. The van der Waals surface area contributed by atoms with Gasteiger partial charge < -0.3 is 66.6 Å². The highest BCUT2D eigenvalue weighted by molar-refractivity contribution is 5.93. The van der Waals surface area contributed by atoms with E-state index in [9.17, 15) is 84.0 Å². The summed E-state index contributed by atoms with van der Waals surface area (Å²) in [6.45, 7) is 15.0. The molecule has 0 saturated carbocycles. The molecule has 3 saturated heterocycles. The van der Waals surface area contributed by atoms with E-state index in [0.717, 1.165) is 11.1 Å². The van der Waals surface area contributed by atoms with Gasteiger partial charge in [0.25, 0.3) is 11.8 Å². The number of rotatable bonds is 30. The van der Waals surface area contributed by atoms with Crippen LogP contribution in [0.4, 0.5) is 0 Å². The summed E-state index contributed by atoms with van der Waals surface area (Å²) >= 11 is 0. The number of phenols is 4. The van der Waals surface area contributed by atoms with Gasteiger partial charge in [0.1, 0.15) is 29.0 Å². The molecule has 11 N–H and O–H groups in total. The molecule has 582 valence electrons. The van der Waals surface area contributed by atoms with Crippen molar-refractivity contribution in [3.8, 4) is 57.1 Å². The number of carboxylic acid groups (broad SMARTS) is 4. The molecular formula is C74H99N17O17. The van der Waals surface area contributed by atoms with Crippen molar-refractivity contribution < 1.29 is 84.0 Å². The predicted octanol–water partition coefficient (Wildman–Crippen LogP) is 2.71. The van der Waals surface area contributed by atoms with E-state index >= 15 is 0 Å². The largest absolute Gasteiger partial charge is 0.508 e. The topological polar surface area (TPSA) is 439 Å². The number of carboxylic acids is 4. The van der Waals surface area contributed by atoms with Gasteiger partial charge >= 0.3 is 23.9 Å². The second-order valence-corrected chi connectivity index (χ2v) is 28.0. The number of hydrogen-bond acceptors (Lipinski definition) is 23. The molecule has 0 spiro atoms. The smallest absolute Gasteiger partial charge is 0.320 e. The second kappa shape index (κ2) is 37.7. The van der Waals surface area contributed by atoms with E-state index in [1.54, 1.807) is 64.5 Å². The van der Waals surface area contributed by atoms with Crippen molar-refractivity contribution in [3.05, 3.63) is 107 Å². The minimum absolute atomic E-state index is 0.0148. The first-order chi connectivity index (χ1) is 51.6. The van der Waals surface area contributed by atoms with Crippen LogP contribution in [-0.4, -0.2) is 313 Å². The van der Waals surface area contributed by atoms with Crippen LogP contribution < -0.4 is 16.0 Å². The highest BCUT2D eigenvalue weighted by Gasteiger charge is 2.34. The molecule has 5 heterocycles. The van der Waals surface area contributed by atoms with Gasteiger partial charge in [0.15, 0.2) is 11.6 Å². The lowest BCUT2D eigenvalue weighted by atomic mass is 9.98. The van der Waals surface area contributed by atoms with E-state index in [0.29, 0.717) is 101 Å². The Bertz CT molecular complexity index is 3940. The highest BCUT2D eigenvalue weighted by Crippen LogP contribution is 2.40. The number of aromatic nitrogens is 6. The minimum atomic E-state index is -1.33. The summed E-state index contributed by atoms with van der Waals surface area (Å²) in [5.74, 6) is -7.57. The molecule has 3 aliphatic heterocycles. The molecule has 108 heavy (non-hydrogen) atoms. The quantitative estimate of drug-likeness (QED) is 0.0309. The number of aliphatic carboxylic acids is 4. The molecule has 3 fully saturated rings. The van der Waals surface area contributed by atoms with Crippen molar-refractivity contribution in [2.45, 2.75) is 104 Å². The number of carbonyl (C=O) groups is 9. The first-order valence-corrected chi connectivity index (χ1v) is 36.4. The van der Waals surface area contributed by atoms with E-state index in [1.165, 1.54) is 12.1 Å². The molecule has 34 nitrogen and oxygen atoms in total. The summed E-state index contributed by atoms with van der Waals surface area (Å²) < 4.78 is 3.09. The van der Waals surface area contributed by atoms with Gasteiger partial charge in [-0.2, -0.15) is 0 Å². The zero-order valence-corrected chi connectivity index (χ0v) is 61.8. The monoisotopic (exact) mass is 1500 g/mol. The molecule has 6 aromatic rings. The maximum atomic E-state index is 14.5. The first kappa shape index (κ1) is 81.4. The van der Waals surface area contributed by atoms with Crippen LogP contribution in [-0.2, 0) is 46.7 Å². The maximum Gasteiger partial charge on any atom is 0.320 e. The van der Waals surface area contributed by atoms with Gasteiger partial charge in [-0.3, -0.25) is 81.7 Å². The molecule has 0 radical (unpaired) electrons. The molecule has 4 aromatic carbocycles. The Morgan fingerprint density at radius 2 is 0.796 bits per heavy atom. The van der Waals surface area contributed by atoms with Gasteiger partial charge in [-0.25, -0.2) is 0 Å². The number of carbonyl (C=O) groups excluding carboxylic acids is 5. The van der Waals surface area contributed by atoms with E-state index in [4.69, 9.17) is 0 Å². The van der Waals surface area contributed by atoms with E-state index < -0.39 is 66.8 Å². The Balaban J connectivity index is 0.881. The Morgan fingerprint density at radius 1 is 0.444 bits per heavy atom. The van der Waals surface area contributed by atoms with E-state index in [2.05, 4.69) is 46.1 Å². The molecule has 34 heteroatoms. The van der Waals surface area contributed by atoms with Gasteiger partial charge in [-0.1, -0.05) is 52.0 Å². The van der Waals surface area contributed by atoms with Crippen LogP contribution in [0.15, 0.2) is 72.8 Å². The van der Waals surface area contributed by atoms with E-state index in [1.807, 2.05) is 76.2 Å². The average molecular weight is 1500 g/mol. The third kappa shape index (κ3) is 21.6. The molecule has 3 aliphatic rings. The standard InChI is InChI=1S/C74H99N17O17/c1-7-75-72(105)70-80-78-68(55-37-53(46(3)4)58(92)39-60(55)94)90(70)51-13-9-48(10-14-51)41-82-25-31-88(32-26-82)63(97)35-50(77-62(96)18-17-57(74(107)108)87-29-23-85(44-66(101)102)21-19-84(43-65(99)100)20-22-86(24-30-87)45-67(103)104)36-64(98)89-33-27-83(28-34-89)42-49-11-15-52(16-12-49)91-69(79-81-71(91)73(106)76-8-2)56-38-54(47(5)6)59(93)40-61(56)95/h9-16,37-40,46-47,50,57,92-95H,7-8,17-36,41-45H2,1-6H3,(H,75,105)(H,76,106)(H,77,96)(H,99,100)(H,101,102)(H,103,104)(H,107,108)/t57-/m1/s1. The summed E-state index contributed by atoms with van der Waals surface area (Å²) in [5, 5.41) is 109. The van der Waals surface area contributed by atoms with Crippen LogP contribution in [0.25, 0.3) is 34.2 Å². The summed E-state index contributed by atoms with van der Waals surface area (Å²) in [4.78, 5) is 133. The zero-order valence-electron chi connectivity index (χ0n) is 61.8. The lowest BCUT2D eigenvalue weighted by molar-refractivity contribution is -0.145. The lowest BCUT2D eigenvalue weighted by Crippen LogP contribution is -2.52. The van der Waals surface area contributed by atoms with Gasteiger partial charge in [-0.15, -0.1) is 20.4 Å². The number of amides is 5. The number of nitrogens with one attached hydrogen (secondary N) is 3. The summed E-state index contributed by atoms with van der Waals surface area (Å²) in [6.07, 6.45) is -1.18. The normalized spacial score (nSPS) is 16.1. The SMILES string of the molecule is CCNC(=O)c1nnc(-c2cc(C(C)C)c(O)cc2O)n1-c1ccc(CN2CCN(C(=O)CC(CC(=O)N3CCN(Cc4ccc(-n5c(C(=O)NCC)nnc5-c5cc(C(C)C)c(O)cc5O)cc4)CC3)NC(=O)CC[C@H](C(=O)O)N3CCN(CC(=O)O)CCN(CC(=O)O)CCN(CC(=O)O)CC3)CC2)cc1. The van der Waals surface area contributed by atoms with Crippen molar-refractivity contribution >= 4 is 53.4 Å². The summed E-state index contributed by atoms with van der Waals surface area (Å²) in [6, 6.07) is 18.2. The number of hydrogen-bond donors (Lipinski definition) is 11. The Morgan fingerprint density at radius 3 is 1.13 bits per heavy atom. The van der Waals surface area contributed by atoms with Crippen molar-refractivity contribution in [1.82, 2.24) is 84.7 Å². The Hall–Kier alpha value is -10.6. The molecule has 5 amide bonds. The fourth-order valence-electron chi connectivity index (χ4n) is 13.8. The molecule has 1 atom stereocenters. The number of phenolic OH excluding ortho intramolecular Hbond substituents is 4. The second-order valence-electron chi connectivity index (χ2n) is 28.0. The molecule has 0 aliphatic carbocycles. The number of aromatic hydroxyl groups is 4. The van der Waals surface area contributed by atoms with Gasteiger partial charge in [-0.05, 0) is 90.8 Å². The molecule has 0 bridgehead atoms. The molecule has 0 unspecified atom stereocenters. The van der Waals surface area contributed by atoms with Crippen LogP contribution in [0.1, 0.15) is 123 Å². The van der Waals surface area contributed by atoms with Gasteiger partial charge in [0, 0.05) is 180 Å². The Kier molecular flexibility index (Phi) is 28.5. The molecule has 2 aromatic heterocycles. The van der Waals surface area contributed by atoms with Crippen LogP contribution in [0.5, 0.6) is 23.0 Å². The average Bonchev–Trinajstić information content (AvgIpc) is 1.59. The molecule has 9 rings (SSSR count). The van der Waals surface area contributed by atoms with Crippen LogP contribution >= 0.6 is 0 Å². The zero-order chi connectivity index (χ0) is 78.0. The lowest BCUT2D eigenvalue weighted by Gasteiger charge is -2.37. The number of piperazine rings is 2. The van der Waals surface area contributed by atoms with Crippen molar-refractivity contribution in [2.24, 2.45) is 0 Å². The van der Waals surface area contributed by atoms with Crippen LogP contribution in [0, 0.1) is 0 Å². The summed E-state index contributed by atoms with van der Waals surface area (Å²) in [7, 11) is 0. The van der Waals surface area contributed by atoms with Crippen molar-refractivity contribution in [1.29, 1.82) is 0 Å². The van der Waals surface area contributed by atoms with Crippen LogP contribution in [0.3, 0.4) is 0 Å². The third-order valence-corrected chi connectivity index (χ3v) is 19.6. The van der Waals surface area contributed by atoms with Gasteiger partial charge in [0.2, 0.25) is 29.4 Å². The first-order valence-electron chi connectivity index (χ1n) is 36.4. The fourth-order valence-corrected chi connectivity index (χ4v) is 13.8. The Labute approximate surface area is 625 Å².